The van der Waals surface area contributed by atoms with Crippen LogP contribution in [0, 0.1) is 5.82 Å². The highest BCUT2D eigenvalue weighted by Gasteiger charge is 2.15. The molecule has 2 aromatic carbocycles. The minimum absolute atomic E-state index is 0.00786. The maximum absolute atomic E-state index is 13.6. The molecule has 3 N–H and O–H groups in total. The molecule has 0 saturated heterocycles. The molecule has 156 valence electrons. The fourth-order valence-electron chi connectivity index (χ4n) is 3.06. The molecule has 0 heterocycles. The Morgan fingerprint density at radius 3 is 2.55 bits per heavy atom. The first-order valence-corrected chi connectivity index (χ1v) is 9.62. The zero-order valence-corrected chi connectivity index (χ0v) is 17.5. The Bertz CT molecular complexity index is 837. The van der Waals surface area contributed by atoms with Crippen LogP contribution >= 0.6 is 0 Å². The van der Waals surface area contributed by atoms with E-state index in [2.05, 4.69) is 20.9 Å². The lowest BCUT2D eigenvalue weighted by Crippen LogP contribution is -2.42. The average Bonchev–Trinajstić information content (AvgIpc) is 2.72. The zero-order valence-electron chi connectivity index (χ0n) is 17.5. The van der Waals surface area contributed by atoms with Gasteiger partial charge in [0.15, 0.2) is 5.96 Å². The summed E-state index contributed by atoms with van der Waals surface area (Å²) in [5.41, 5.74) is 2.63. The first kappa shape index (κ1) is 22.4. The van der Waals surface area contributed by atoms with Crippen molar-refractivity contribution in [2.45, 2.75) is 12.5 Å². The topological polar surface area (TPSA) is 68.8 Å². The lowest BCUT2D eigenvalue weighted by Gasteiger charge is -2.26. The van der Waals surface area contributed by atoms with E-state index in [0.29, 0.717) is 24.6 Å². The smallest absolute Gasteiger partial charge is 0.251 e. The van der Waals surface area contributed by atoms with Gasteiger partial charge in [-0.3, -0.25) is 9.79 Å². The molecular formula is C22H30FN5O. The summed E-state index contributed by atoms with van der Waals surface area (Å²) in [6.45, 7) is 1.26. The number of nitrogens with zero attached hydrogens (tertiary/aromatic N) is 2. The highest BCUT2D eigenvalue weighted by molar-refractivity contribution is 5.94. The molecular weight excluding hydrogens is 369 g/mol. The van der Waals surface area contributed by atoms with Crippen molar-refractivity contribution in [3.05, 3.63) is 71.0 Å². The van der Waals surface area contributed by atoms with E-state index in [4.69, 9.17) is 0 Å². The standard InChI is InChI=1S/C22H30FN5O/c1-24-21(29)18-9-5-7-16(13-18)11-12-26-22(25-2)27-15-20(28(3)4)17-8-6-10-19(23)14-17/h5-10,13-14,20H,11-12,15H2,1-4H3,(H,24,29)(H2,25,26,27). The van der Waals surface area contributed by atoms with Gasteiger partial charge in [0.2, 0.25) is 0 Å². The zero-order chi connectivity index (χ0) is 21.2. The predicted molar refractivity (Wildman–Crippen MR) is 116 cm³/mol. The number of amides is 1. The molecule has 0 aliphatic carbocycles. The summed E-state index contributed by atoms with van der Waals surface area (Å²) in [5.74, 6) is 0.343. The molecule has 0 fully saturated rings. The van der Waals surface area contributed by atoms with E-state index in [9.17, 15) is 9.18 Å². The third-order valence-electron chi connectivity index (χ3n) is 4.67. The fraction of sp³-hybridized carbons (Fsp3) is 0.364. The van der Waals surface area contributed by atoms with Crippen molar-refractivity contribution in [3.8, 4) is 0 Å². The molecule has 0 bridgehead atoms. The quantitative estimate of drug-likeness (QED) is 0.470. The summed E-state index contributed by atoms with van der Waals surface area (Å²) in [7, 11) is 7.27. The van der Waals surface area contributed by atoms with E-state index in [1.54, 1.807) is 32.3 Å². The van der Waals surface area contributed by atoms with Crippen molar-refractivity contribution >= 4 is 11.9 Å². The van der Waals surface area contributed by atoms with Gasteiger partial charge in [0.25, 0.3) is 5.91 Å². The Hall–Kier alpha value is -2.93. The Labute approximate surface area is 172 Å². The lowest BCUT2D eigenvalue weighted by atomic mass is 10.1. The van der Waals surface area contributed by atoms with E-state index in [-0.39, 0.29) is 17.8 Å². The summed E-state index contributed by atoms with van der Waals surface area (Å²) in [4.78, 5) is 18.1. The van der Waals surface area contributed by atoms with Crippen molar-refractivity contribution in [3.63, 3.8) is 0 Å². The maximum Gasteiger partial charge on any atom is 0.251 e. The number of aliphatic imine (C=N–C) groups is 1. The number of likely N-dealkylation sites (N-methyl/N-ethyl adjacent to an activating group) is 1. The summed E-state index contributed by atoms with van der Waals surface area (Å²) < 4.78 is 13.6. The molecule has 6 nitrogen and oxygen atoms in total. The van der Waals surface area contributed by atoms with Crippen LogP contribution in [0.4, 0.5) is 4.39 Å². The van der Waals surface area contributed by atoms with E-state index < -0.39 is 0 Å². The highest BCUT2D eigenvalue weighted by Crippen LogP contribution is 2.18. The van der Waals surface area contributed by atoms with Crippen LogP contribution in [0.5, 0.6) is 0 Å². The molecule has 1 amide bonds. The molecule has 0 aliphatic heterocycles. The number of carbonyl (C=O) groups excluding carboxylic acids is 1. The minimum atomic E-state index is -0.240. The third kappa shape index (κ3) is 6.87. The molecule has 7 heteroatoms. The average molecular weight is 400 g/mol. The monoisotopic (exact) mass is 399 g/mol. The van der Waals surface area contributed by atoms with E-state index >= 15 is 0 Å². The minimum Gasteiger partial charge on any atom is -0.356 e. The van der Waals surface area contributed by atoms with Crippen LogP contribution in [0.1, 0.15) is 27.5 Å². The van der Waals surface area contributed by atoms with Gasteiger partial charge in [0.05, 0.1) is 6.04 Å². The number of rotatable bonds is 8. The van der Waals surface area contributed by atoms with Gasteiger partial charge in [-0.2, -0.15) is 0 Å². The third-order valence-corrected chi connectivity index (χ3v) is 4.67. The van der Waals surface area contributed by atoms with Gasteiger partial charge in [0, 0.05) is 32.7 Å². The number of nitrogens with one attached hydrogen (secondary N) is 3. The second-order valence-electron chi connectivity index (χ2n) is 6.94. The van der Waals surface area contributed by atoms with Gasteiger partial charge >= 0.3 is 0 Å². The Kier molecular flexibility index (Phi) is 8.61. The van der Waals surface area contributed by atoms with Crippen molar-refractivity contribution in [1.29, 1.82) is 0 Å². The molecule has 0 spiro atoms. The molecule has 0 radical (unpaired) electrons. The number of carbonyl (C=O) groups is 1. The molecule has 1 atom stereocenters. The van der Waals surface area contributed by atoms with Gasteiger partial charge in [-0.15, -0.1) is 0 Å². The maximum atomic E-state index is 13.6. The molecule has 29 heavy (non-hydrogen) atoms. The van der Waals surface area contributed by atoms with Gasteiger partial charge < -0.3 is 20.9 Å². The van der Waals surface area contributed by atoms with Crippen molar-refractivity contribution in [2.75, 3.05) is 41.3 Å². The Morgan fingerprint density at radius 2 is 1.90 bits per heavy atom. The van der Waals surface area contributed by atoms with Crippen molar-refractivity contribution < 1.29 is 9.18 Å². The van der Waals surface area contributed by atoms with Gasteiger partial charge in [-0.25, -0.2) is 4.39 Å². The van der Waals surface area contributed by atoms with Crippen molar-refractivity contribution in [2.24, 2.45) is 4.99 Å². The molecule has 2 rings (SSSR count). The lowest BCUT2D eigenvalue weighted by molar-refractivity contribution is 0.0963. The van der Waals surface area contributed by atoms with Gasteiger partial charge in [0.1, 0.15) is 5.82 Å². The number of halogens is 1. The molecule has 1 unspecified atom stereocenters. The van der Waals surface area contributed by atoms with Crippen LogP contribution in [0.3, 0.4) is 0 Å². The largest absolute Gasteiger partial charge is 0.356 e. The second kappa shape index (κ2) is 11.2. The van der Waals surface area contributed by atoms with Crippen LogP contribution in [0.2, 0.25) is 0 Å². The van der Waals surface area contributed by atoms with Crippen LogP contribution in [0.15, 0.2) is 53.5 Å². The second-order valence-corrected chi connectivity index (χ2v) is 6.94. The summed E-state index contributed by atoms with van der Waals surface area (Å²) in [6, 6.07) is 14.2. The van der Waals surface area contributed by atoms with Crippen LogP contribution in [-0.2, 0) is 6.42 Å². The summed E-state index contributed by atoms with van der Waals surface area (Å²) >= 11 is 0. The van der Waals surface area contributed by atoms with Crippen LogP contribution in [-0.4, -0.2) is 58.0 Å². The normalized spacial score (nSPS) is 12.6. The van der Waals surface area contributed by atoms with E-state index in [1.807, 2.05) is 43.3 Å². The SMILES string of the molecule is CN=C(NCCc1cccc(C(=O)NC)c1)NCC(c1cccc(F)c1)N(C)C. The number of benzene rings is 2. The van der Waals surface area contributed by atoms with Crippen LogP contribution in [0.25, 0.3) is 0 Å². The number of hydrogen-bond acceptors (Lipinski definition) is 3. The molecule has 2 aromatic rings. The Morgan fingerprint density at radius 1 is 1.14 bits per heavy atom. The number of hydrogen-bond donors (Lipinski definition) is 3. The fourth-order valence-corrected chi connectivity index (χ4v) is 3.06. The highest BCUT2D eigenvalue weighted by atomic mass is 19.1. The van der Waals surface area contributed by atoms with Crippen molar-refractivity contribution in [1.82, 2.24) is 20.9 Å². The van der Waals surface area contributed by atoms with Gasteiger partial charge in [-0.1, -0.05) is 24.3 Å². The number of guanidine groups is 1. The first-order chi connectivity index (χ1) is 13.9. The summed E-state index contributed by atoms with van der Waals surface area (Å²) in [5, 5.41) is 9.22. The van der Waals surface area contributed by atoms with E-state index in [0.717, 1.165) is 17.5 Å². The molecule has 0 aliphatic rings. The van der Waals surface area contributed by atoms with Gasteiger partial charge in [-0.05, 0) is 55.9 Å². The van der Waals surface area contributed by atoms with E-state index in [1.165, 1.54) is 6.07 Å². The predicted octanol–water partition coefficient (Wildman–Crippen LogP) is 2.20. The van der Waals surface area contributed by atoms with Crippen LogP contribution < -0.4 is 16.0 Å². The molecule has 0 aromatic heterocycles. The molecule has 0 saturated carbocycles. The summed E-state index contributed by atoms with van der Waals surface area (Å²) in [6.07, 6.45) is 0.756. The Balaban J connectivity index is 1.89. The first-order valence-electron chi connectivity index (χ1n) is 9.62.